The molecule has 5 nitrogen and oxygen atoms in total. The Morgan fingerprint density at radius 2 is 1.73 bits per heavy atom. The standard InChI is InChI=1S/C16H18NO4P/c1-2-3-13-22(20,16-7-5-4-6-8-16)21-15-11-9-14(10-12-15)17(18)19/h4-12H,2-3,13H2,1H3. The Morgan fingerprint density at radius 1 is 1.09 bits per heavy atom. The summed E-state index contributed by atoms with van der Waals surface area (Å²) >= 11 is 0. The first kappa shape index (κ1) is 16.2. The Bertz CT molecular complexity index is 670. The highest BCUT2D eigenvalue weighted by Gasteiger charge is 2.26. The molecule has 0 fully saturated rings. The number of rotatable bonds is 7. The maximum Gasteiger partial charge on any atom is 0.277 e. The lowest BCUT2D eigenvalue weighted by Gasteiger charge is -2.19. The summed E-state index contributed by atoms with van der Waals surface area (Å²) in [7, 11) is -3.02. The van der Waals surface area contributed by atoms with Crippen molar-refractivity contribution in [1.29, 1.82) is 0 Å². The molecule has 1 unspecified atom stereocenters. The van der Waals surface area contributed by atoms with E-state index in [1.165, 1.54) is 24.3 Å². The Labute approximate surface area is 129 Å². The minimum Gasteiger partial charge on any atom is -0.440 e. The van der Waals surface area contributed by atoms with Gasteiger partial charge in [0.25, 0.3) is 13.1 Å². The lowest BCUT2D eigenvalue weighted by Crippen LogP contribution is -2.12. The van der Waals surface area contributed by atoms with Crippen LogP contribution in [-0.2, 0) is 4.57 Å². The summed E-state index contributed by atoms with van der Waals surface area (Å²) in [6.07, 6.45) is 2.16. The van der Waals surface area contributed by atoms with E-state index in [0.717, 1.165) is 12.8 Å². The van der Waals surface area contributed by atoms with Gasteiger partial charge in [0.2, 0.25) is 0 Å². The summed E-state index contributed by atoms with van der Waals surface area (Å²) in [5.74, 6) is 0.383. The number of benzene rings is 2. The molecule has 0 bridgehead atoms. The number of non-ortho nitro benzene ring substituents is 1. The lowest BCUT2D eigenvalue weighted by atomic mass is 10.3. The molecule has 2 aromatic rings. The number of nitro benzene ring substituents is 1. The van der Waals surface area contributed by atoms with E-state index < -0.39 is 12.3 Å². The van der Waals surface area contributed by atoms with Gasteiger partial charge in [-0.15, -0.1) is 0 Å². The molecule has 0 aliphatic heterocycles. The molecule has 2 rings (SSSR count). The molecule has 2 aromatic carbocycles. The largest absolute Gasteiger partial charge is 0.440 e. The molecule has 0 saturated carbocycles. The summed E-state index contributed by atoms with van der Waals surface area (Å²) in [4.78, 5) is 10.2. The molecular formula is C16H18NO4P. The third-order valence-corrected chi connectivity index (χ3v) is 5.75. The fourth-order valence-corrected chi connectivity index (χ4v) is 4.32. The van der Waals surface area contributed by atoms with E-state index in [4.69, 9.17) is 4.52 Å². The van der Waals surface area contributed by atoms with Gasteiger partial charge in [-0.3, -0.25) is 14.7 Å². The molecule has 0 heterocycles. The molecule has 0 aliphatic rings. The van der Waals surface area contributed by atoms with E-state index in [9.17, 15) is 14.7 Å². The molecule has 0 aliphatic carbocycles. The van der Waals surface area contributed by atoms with Gasteiger partial charge in [0.1, 0.15) is 5.75 Å². The van der Waals surface area contributed by atoms with Crippen LogP contribution in [0.3, 0.4) is 0 Å². The van der Waals surface area contributed by atoms with Gasteiger partial charge in [-0.25, -0.2) is 0 Å². The Kier molecular flexibility index (Phi) is 5.34. The van der Waals surface area contributed by atoms with Crippen LogP contribution in [0.5, 0.6) is 5.75 Å². The maximum atomic E-state index is 13.2. The monoisotopic (exact) mass is 319 g/mol. The molecule has 1 atom stereocenters. The quantitative estimate of drug-likeness (QED) is 0.431. The van der Waals surface area contributed by atoms with Crippen molar-refractivity contribution < 1.29 is 14.0 Å². The van der Waals surface area contributed by atoms with Crippen LogP contribution in [0, 0.1) is 10.1 Å². The van der Waals surface area contributed by atoms with Gasteiger partial charge in [0.15, 0.2) is 0 Å². The van der Waals surface area contributed by atoms with Crippen LogP contribution in [0.4, 0.5) is 5.69 Å². The van der Waals surface area contributed by atoms with Crippen LogP contribution in [0.1, 0.15) is 19.8 Å². The second-order valence-corrected chi connectivity index (χ2v) is 7.42. The van der Waals surface area contributed by atoms with Crippen LogP contribution in [-0.4, -0.2) is 11.1 Å². The maximum absolute atomic E-state index is 13.2. The van der Waals surface area contributed by atoms with Crippen LogP contribution >= 0.6 is 7.37 Å². The van der Waals surface area contributed by atoms with E-state index in [2.05, 4.69) is 0 Å². The van der Waals surface area contributed by atoms with E-state index >= 15 is 0 Å². The lowest BCUT2D eigenvalue weighted by molar-refractivity contribution is -0.384. The number of hydrogen-bond donors (Lipinski definition) is 0. The number of hydrogen-bond acceptors (Lipinski definition) is 4. The molecule has 0 N–H and O–H groups in total. The number of nitrogens with zero attached hydrogens (tertiary/aromatic N) is 1. The zero-order valence-electron chi connectivity index (χ0n) is 12.3. The van der Waals surface area contributed by atoms with E-state index in [0.29, 0.717) is 17.2 Å². The van der Waals surface area contributed by atoms with Crippen molar-refractivity contribution in [1.82, 2.24) is 0 Å². The van der Waals surface area contributed by atoms with Crippen molar-refractivity contribution >= 4 is 18.4 Å². The molecule has 116 valence electrons. The van der Waals surface area contributed by atoms with Crippen molar-refractivity contribution in [3.8, 4) is 5.75 Å². The topological polar surface area (TPSA) is 69.4 Å². The first-order valence-corrected chi connectivity index (χ1v) is 8.95. The average Bonchev–Trinajstić information content (AvgIpc) is 2.54. The minimum atomic E-state index is -3.02. The Balaban J connectivity index is 2.27. The van der Waals surface area contributed by atoms with Crippen LogP contribution in [0.15, 0.2) is 54.6 Å². The fraction of sp³-hybridized carbons (Fsp3) is 0.250. The third-order valence-electron chi connectivity index (χ3n) is 3.26. The SMILES string of the molecule is CCCCP(=O)(Oc1ccc([N+](=O)[O-])cc1)c1ccccc1. The van der Waals surface area contributed by atoms with E-state index in [1.54, 1.807) is 12.1 Å². The van der Waals surface area contributed by atoms with Crippen molar-refractivity contribution in [2.75, 3.05) is 6.16 Å². The summed E-state index contributed by atoms with van der Waals surface area (Å²) in [5, 5.41) is 11.3. The van der Waals surface area contributed by atoms with Gasteiger partial charge in [-0.2, -0.15) is 0 Å². The summed E-state index contributed by atoms with van der Waals surface area (Å²) in [6.45, 7) is 2.03. The third kappa shape index (κ3) is 3.95. The smallest absolute Gasteiger partial charge is 0.277 e. The van der Waals surface area contributed by atoms with Gasteiger partial charge in [0.05, 0.1) is 4.92 Å². The van der Waals surface area contributed by atoms with Crippen molar-refractivity contribution in [3.63, 3.8) is 0 Å². The Morgan fingerprint density at radius 3 is 2.27 bits per heavy atom. The van der Waals surface area contributed by atoms with Crippen molar-refractivity contribution in [2.24, 2.45) is 0 Å². The summed E-state index contributed by atoms with van der Waals surface area (Å²) in [6, 6.07) is 14.8. The molecule has 0 radical (unpaired) electrons. The molecule has 0 saturated heterocycles. The molecule has 22 heavy (non-hydrogen) atoms. The van der Waals surface area contributed by atoms with E-state index in [-0.39, 0.29) is 5.69 Å². The van der Waals surface area contributed by atoms with Crippen LogP contribution < -0.4 is 9.83 Å². The second kappa shape index (κ2) is 7.23. The van der Waals surface area contributed by atoms with Gasteiger partial charge in [-0.05, 0) is 30.7 Å². The summed E-state index contributed by atoms with van der Waals surface area (Å²) < 4.78 is 19.0. The minimum absolute atomic E-state index is 0.0181. The summed E-state index contributed by atoms with van der Waals surface area (Å²) in [5.41, 5.74) is -0.0181. The molecule has 6 heteroatoms. The zero-order valence-corrected chi connectivity index (χ0v) is 13.2. The first-order valence-electron chi connectivity index (χ1n) is 7.14. The first-order chi connectivity index (χ1) is 10.5. The second-order valence-electron chi connectivity index (χ2n) is 4.93. The van der Waals surface area contributed by atoms with Crippen LogP contribution in [0.25, 0.3) is 0 Å². The molecule has 0 amide bonds. The van der Waals surface area contributed by atoms with Gasteiger partial charge < -0.3 is 4.52 Å². The zero-order chi connectivity index (χ0) is 16.0. The molecule has 0 spiro atoms. The fourth-order valence-electron chi connectivity index (χ4n) is 2.05. The average molecular weight is 319 g/mol. The number of unbranched alkanes of at least 4 members (excludes halogenated alkanes) is 1. The van der Waals surface area contributed by atoms with Crippen LogP contribution in [0.2, 0.25) is 0 Å². The van der Waals surface area contributed by atoms with Crippen molar-refractivity contribution in [2.45, 2.75) is 19.8 Å². The predicted molar refractivity (Wildman–Crippen MR) is 87.2 cm³/mol. The highest BCUT2D eigenvalue weighted by atomic mass is 31.2. The van der Waals surface area contributed by atoms with Gasteiger partial charge in [-0.1, -0.05) is 31.5 Å². The number of nitro groups is 1. The Hall–Kier alpha value is -2.13. The predicted octanol–water partition coefficient (Wildman–Crippen LogP) is 4.38. The molecular weight excluding hydrogens is 301 g/mol. The molecule has 0 aromatic heterocycles. The van der Waals surface area contributed by atoms with Gasteiger partial charge >= 0.3 is 0 Å². The highest BCUT2D eigenvalue weighted by molar-refractivity contribution is 7.67. The highest BCUT2D eigenvalue weighted by Crippen LogP contribution is 2.47. The van der Waals surface area contributed by atoms with Gasteiger partial charge in [0, 0.05) is 23.6 Å². The van der Waals surface area contributed by atoms with Crippen molar-refractivity contribution in [3.05, 3.63) is 64.7 Å². The van der Waals surface area contributed by atoms with E-state index in [1.807, 2.05) is 25.1 Å². The normalized spacial score (nSPS) is 13.3.